The summed E-state index contributed by atoms with van der Waals surface area (Å²) in [6.07, 6.45) is -0.511. The zero-order valence-electron chi connectivity index (χ0n) is 7.17. The van der Waals surface area contributed by atoms with E-state index in [0.29, 0.717) is 0 Å². The lowest BCUT2D eigenvalue weighted by atomic mass is 10.3. The van der Waals surface area contributed by atoms with Gasteiger partial charge in [0.25, 0.3) is 5.97 Å². The highest BCUT2D eigenvalue weighted by atomic mass is 16.8. The highest BCUT2D eigenvalue weighted by molar-refractivity contribution is 5.76. The van der Waals surface area contributed by atoms with Gasteiger partial charge >= 0.3 is 0 Å². The molecule has 0 aliphatic carbocycles. The second kappa shape index (κ2) is 5.50. The minimum absolute atomic E-state index is 0.0166. The number of nitrogens with zero attached hydrogens (tertiary/aromatic N) is 3. The van der Waals surface area contributed by atoms with Crippen molar-refractivity contribution in [3.05, 3.63) is 10.4 Å². The van der Waals surface area contributed by atoms with Crippen molar-refractivity contribution in [3.8, 4) is 0 Å². The maximum Gasteiger partial charge on any atom is 0.285 e. The van der Waals surface area contributed by atoms with Crippen LogP contribution in [0.1, 0.15) is 13.3 Å². The summed E-state index contributed by atoms with van der Waals surface area (Å²) in [5.74, 6) is -2.87. The average Bonchev–Trinajstić information content (AvgIpc) is 1.95. The summed E-state index contributed by atoms with van der Waals surface area (Å²) >= 11 is 0. The quantitative estimate of drug-likeness (QED) is 0.200. The minimum atomic E-state index is -2.46. The molecule has 2 N–H and O–H groups in total. The van der Waals surface area contributed by atoms with Gasteiger partial charge in [-0.15, -0.1) is 0 Å². The van der Waals surface area contributed by atoms with E-state index in [2.05, 4.69) is 14.8 Å². The molecule has 0 aromatic heterocycles. The molecule has 0 aromatic rings. The van der Waals surface area contributed by atoms with Crippen LogP contribution in [0.15, 0.2) is 5.11 Å². The van der Waals surface area contributed by atoms with Crippen LogP contribution >= 0.6 is 0 Å². The number of rotatable bonds is 6. The molecule has 0 radical (unpaired) electrons. The van der Waals surface area contributed by atoms with Crippen molar-refractivity contribution in [1.82, 2.24) is 0 Å². The highest BCUT2D eigenvalue weighted by Crippen LogP contribution is 2.07. The third-order valence-corrected chi connectivity index (χ3v) is 1.07. The van der Waals surface area contributed by atoms with Gasteiger partial charge < -0.3 is 14.9 Å². The molecule has 0 rings (SSSR count). The second-order valence-corrected chi connectivity index (χ2v) is 2.42. The SMILES string of the molecule is CC(=O)CC(O)(O)OCCN=[N+]=[N-]. The van der Waals surface area contributed by atoms with Crippen molar-refractivity contribution in [3.63, 3.8) is 0 Å². The van der Waals surface area contributed by atoms with Crippen LogP contribution in [0, 0.1) is 0 Å². The summed E-state index contributed by atoms with van der Waals surface area (Å²) in [6.45, 7) is 1.04. The Morgan fingerprint density at radius 3 is 2.77 bits per heavy atom. The first-order valence-electron chi connectivity index (χ1n) is 3.57. The molecule has 0 aliphatic heterocycles. The molecule has 74 valence electrons. The Hall–Kier alpha value is -1.14. The first-order valence-corrected chi connectivity index (χ1v) is 3.57. The van der Waals surface area contributed by atoms with E-state index in [1.165, 1.54) is 6.92 Å². The molecule has 7 heteroatoms. The van der Waals surface area contributed by atoms with Crippen molar-refractivity contribution in [2.45, 2.75) is 19.3 Å². The van der Waals surface area contributed by atoms with Gasteiger partial charge in [0.05, 0.1) is 13.0 Å². The van der Waals surface area contributed by atoms with Crippen molar-refractivity contribution in [2.75, 3.05) is 13.2 Å². The first kappa shape index (κ1) is 11.9. The van der Waals surface area contributed by atoms with Crippen molar-refractivity contribution < 1.29 is 19.7 Å². The lowest BCUT2D eigenvalue weighted by Gasteiger charge is -2.19. The Morgan fingerprint density at radius 1 is 1.69 bits per heavy atom. The van der Waals surface area contributed by atoms with Crippen LogP contribution < -0.4 is 0 Å². The molecule has 0 bridgehead atoms. The standard InChI is InChI=1S/C6H11N3O4/c1-5(10)4-6(11,12)13-3-2-8-9-7/h11-12H,2-4H2,1H3. The fourth-order valence-corrected chi connectivity index (χ4v) is 0.670. The van der Waals surface area contributed by atoms with E-state index in [-0.39, 0.29) is 13.2 Å². The maximum absolute atomic E-state index is 10.5. The van der Waals surface area contributed by atoms with Crippen LogP contribution in [0.3, 0.4) is 0 Å². The highest BCUT2D eigenvalue weighted by Gasteiger charge is 2.25. The van der Waals surface area contributed by atoms with E-state index in [9.17, 15) is 4.79 Å². The van der Waals surface area contributed by atoms with E-state index < -0.39 is 18.2 Å². The molecular formula is C6H11N3O4. The molecule has 0 amide bonds. The second-order valence-electron chi connectivity index (χ2n) is 2.42. The average molecular weight is 189 g/mol. The molecule has 0 aliphatic rings. The van der Waals surface area contributed by atoms with Crippen LogP contribution in [0.25, 0.3) is 10.4 Å². The smallest absolute Gasteiger partial charge is 0.285 e. The van der Waals surface area contributed by atoms with Gasteiger partial charge in [-0.3, -0.25) is 4.79 Å². The topological polar surface area (TPSA) is 116 Å². The number of carbonyl (C=O) groups is 1. The summed E-state index contributed by atoms with van der Waals surface area (Å²) in [5, 5.41) is 21.0. The van der Waals surface area contributed by atoms with Gasteiger partial charge in [0.2, 0.25) is 0 Å². The van der Waals surface area contributed by atoms with Gasteiger partial charge in [0, 0.05) is 11.5 Å². The van der Waals surface area contributed by atoms with E-state index in [1.54, 1.807) is 0 Å². The Bertz CT molecular complexity index is 222. The van der Waals surface area contributed by atoms with E-state index in [0.717, 1.165) is 0 Å². The van der Waals surface area contributed by atoms with Crippen LogP contribution in [-0.2, 0) is 9.53 Å². The normalized spacial score (nSPS) is 10.7. The van der Waals surface area contributed by atoms with Crippen LogP contribution in [0.2, 0.25) is 0 Å². The molecule has 0 heterocycles. The summed E-state index contributed by atoms with van der Waals surface area (Å²) in [4.78, 5) is 12.9. The minimum Gasteiger partial charge on any atom is -0.343 e. The zero-order chi connectivity index (χ0) is 10.3. The molecule has 0 spiro atoms. The number of hydrogen-bond acceptors (Lipinski definition) is 5. The number of ketones is 1. The van der Waals surface area contributed by atoms with E-state index in [1.807, 2.05) is 0 Å². The number of azide groups is 1. The fourth-order valence-electron chi connectivity index (χ4n) is 0.670. The monoisotopic (exact) mass is 189 g/mol. The molecule has 0 saturated carbocycles. The summed E-state index contributed by atoms with van der Waals surface area (Å²) in [5.41, 5.74) is 7.86. The molecule has 0 unspecified atom stereocenters. The summed E-state index contributed by atoms with van der Waals surface area (Å²) < 4.78 is 4.47. The molecule has 13 heavy (non-hydrogen) atoms. The fraction of sp³-hybridized carbons (Fsp3) is 0.833. The summed E-state index contributed by atoms with van der Waals surface area (Å²) in [6, 6.07) is 0. The maximum atomic E-state index is 10.5. The predicted octanol–water partition coefficient (Wildman–Crippen LogP) is -0.0692. The van der Waals surface area contributed by atoms with E-state index in [4.69, 9.17) is 15.7 Å². The Morgan fingerprint density at radius 2 is 2.31 bits per heavy atom. The van der Waals surface area contributed by atoms with Crippen LogP contribution in [-0.4, -0.2) is 35.1 Å². The van der Waals surface area contributed by atoms with Gasteiger partial charge in [-0.2, -0.15) is 0 Å². The van der Waals surface area contributed by atoms with Crippen molar-refractivity contribution in [2.24, 2.45) is 5.11 Å². The lowest BCUT2D eigenvalue weighted by molar-refractivity contribution is -0.334. The number of aliphatic hydroxyl groups is 2. The molecule has 0 fully saturated rings. The number of carbonyl (C=O) groups excluding carboxylic acids is 1. The number of Topliss-reactive ketones (excluding diaryl/α,β-unsaturated/α-hetero) is 1. The predicted molar refractivity (Wildman–Crippen MR) is 42.4 cm³/mol. The number of hydrogen-bond donors (Lipinski definition) is 2. The molecule has 0 atom stereocenters. The van der Waals surface area contributed by atoms with Gasteiger partial charge in [-0.25, -0.2) is 0 Å². The van der Waals surface area contributed by atoms with Crippen molar-refractivity contribution >= 4 is 5.78 Å². The molecule has 7 nitrogen and oxygen atoms in total. The van der Waals surface area contributed by atoms with Gasteiger partial charge in [-0.05, 0) is 12.5 Å². The molecular weight excluding hydrogens is 178 g/mol. The zero-order valence-corrected chi connectivity index (χ0v) is 7.17. The first-order chi connectivity index (χ1) is 5.98. The van der Waals surface area contributed by atoms with Gasteiger partial charge in [-0.1, -0.05) is 5.11 Å². The Balaban J connectivity index is 3.74. The number of ether oxygens (including phenoxy) is 1. The summed E-state index contributed by atoms with van der Waals surface area (Å²) in [7, 11) is 0. The van der Waals surface area contributed by atoms with Gasteiger partial charge in [0.1, 0.15) is 5.78 Å². The van der Waals surface area contributed by atoms with Crippen LogP contribution in [0.4, 0.5) is 0 Å². The third kappa shape index (κ3) is 7.23. The largest absolute Gasteiger partial charge is 0.343 e. The molecule has 0 saturated heterocycles. The Kier molecular flexibility index (Phi) is 5.01. The Labute approximate surface area is 74.6 Å². The van der Waals surface area contributed by atoms with E-state index >= 15 is 0 Å². The van der Waals surface area contributed by atoms with Crippen LogP contribution in [0.5, 0.6) is 0 Å². The third-order valence-electron chi connectivity index (χ3n) is 1.07. The molecule has 0 aromatic carbocycles. The van der Waals surface area contributed by atoms with Crippen molar-refractivity contribution in [1.29, 1.82) is 0 Å². The lowest BCUT2D eigenvalue weighted by Crippen LogP contribution is -2.34. The van der Waals surface area contributed by atoms with Gasteiger partial charge in [0.15, 0.2) is 0 Å².